The molecule has 1 aromatic carbocycles. The van der Waals surface area contributed by atoms with Gasteiger partial charge in [0, 0.05) is 5.56 Å². The molecule has 1 aliphatic rings. The summed E-state index contributed by atoms with van der Waals surface area (Å²) in [5, 5.41) is 4.75. The molecule has 0 saturated heterocycles. The molecule has 13 heavy (non-hydrogen) atoms. The molecule has 1 atom stereocenters. The second kappa shape index (κ2) is 3.55. The minimum Gasteiger partial charge on any atom is -0.367 e. The summed E-state index contributed by atoms with van der Waals surface area (Å²) in [6.45, 7) is 0. The molecule has 64 valence electrons. The molecule has 0 N–H and O–H groups in total. The molecule has 0 bridgehead atoms. The summed E-state index contributed by atoms with van der Waals surface area (Å²) >= 11 is 1.46. The van der Waals surface area contributed by atoms with Crippen LogP contribution >= 0.6 is 11.8 Å². The molecule has 0 spiro atoms. The van der Waals surface area contributed by atoms with Gasteiger partial charge in [0.2, 0.25) is 5.44 Å². The zero-order valence-electron chi connectivity index (χ0n) is 6.81. The number of rotatable bonds is 1. The Balaban J connectivity index is 2.18. The molecule has 0 amide bonds. The summed E-state index contributed by atoms with van der Waals surface area (Å²) in [7, 11) is 0. The van der Waals surface area contributed by atoms with Crippen LogP contribution in [-0.2, 0) is 4.84 Å². The average Bonchev–Trinajstić information content (AvgIpc) is 2.67. The topological polar surface area (TPSA) is 21.6 Å². The zero-order valence-corrected chi connectivity index (χ0v) is 7.62. The Labute approximate surface area is 81.0 Å². The number of terminal acetylenes is 1. The molecule has 0 radical (unpaired) electrons. The van der Waals surface area contributed by atoms with Gasteiger partial charge in [-0.05, 0) is 17.7 Å². The highest BCUT2D eigenvalue weighted by molar-refractivity contribution is 8.15. The van der Waals surface area contributed by atoms with Crippen LogP contribution in [0.1, 0.15) is 5.56 Å². The van der Waals surface area contributed by atoms with Crippen molar-refractivity contribution in [3.8, 4) is 12.3 Å². The van der Waals surface area contributed by atoms with Gasteiger partial charge in [0.05, 0.1) is 0 Å². The summed E-state index contributed by atoms with van der Waals surface area (Å²) in [5.74, 6) is 2.49. The van der Waals surface area contributed by atoms with Crippen LogP contribution in [0.15, 0.2) is 35.5 Å². The quantitative estimate of drug-likeness (QED) is 0.631. The lowest BCUT2D eigenvalue weighted by atomic mass is 10.2. The molecule has 0 fully saturated rings. The first-order chi connectivity index (χ1) is 6.40. The number of benzene rings is 1. The minimum absolute atomic E-state index is 0.268. The fourth-order valence-electron chi connectivity index (χ4n) is 1.01. The van der Waals surface area contributed by atoms with Crippen LogP contribution < -0.4 is 0 Å². The standard InChI is InChI=1S/C10H7NOS/c1-2-9-12-11-10(13-9)8-6-4-3-5-7-8/h1,3-7,9H. The third-order valence-electron chi connectivity index (χ3n) is 1.61. The van der Waals surface area contributed by atoms with Crippen LogP contribution in [0.4, 0.5) is 0 Å². The first-order valence-electron chi connectivity index (χ1n) is 3.82. The Bertz CT molecular complexity index is 366. The van der Waals surface area contributed by atoms with E-state index in [2.05, 4.69) is 11.1 Å². The molecule has 2 nitrogen and oxygen atoms in total. The van der Waals surface area contributed by atoms with Gasteiger partial charge in [0.25, 0.3) is 0 Å². The summed E-state index contributed by atoms with van der Waals surface area (Å²) in [6, 6.07) is 9.84. The van der Waals surface area contributed by atoms with Crippen LogP contribution in [0.25, 0.3) is 0 Å². The highest BCUT2D eigenvalue weighted by Crippen LogP contribution is 2.25. The van der Waals surface area contributed by atoms with E-state index in [0.29, 0.717) is 0 Å². The number of thioether (sulfide) groups is 1. The first kappa shape index (κ1) is 8.21. The first-order valence-corrected chi connectivity index (χ1v) is 4.70. The van der Waals surface area contributed by atoms with Gasteiger partial charge in [-0.2, -0.15) is 0 Å². The molecule has 0 aromatic heterocycles. The van der Waals surface area contributed by atoms with E-state index < -0.39 is 0 Å². The second-order valence-corrected chi connectivity index (χ2v) is 3.53. The van der Waals surface area contributed by atoms with Crippen molar-refractivity contribution >= 4 is 16.8 Å². The predicted octanol–water partition coefficient (Wildman–Crippen LogP) is 2.07. The Kier molecular flexibility index (Phi) is 2.24. The SMILES string of the molecule is C#CC1ON=C(c2ccccc2)S1. The maximum Gasteiger partial charge on any atom is 0.239 e. The van der Waals surface area contributed by atoms with Crippen molar-refractivity contribution < 1.29 is 4.84 Å². The third kappa shape index (κ3) is 1.68. The van der Waals surface area contributed by atoms with Gasteiger partial charge in [-0.1, -0.05) is 35.5 Å². The molecular weight excluding hydrogens is 182 g/mol. The molecule has 1 aliphatic heterocycles. The lowest BCUT2D eigenvalue weighted by Gasteiger charge is -1.96. The van der Waals surface area contributed by atoms with E-state index in [1.807, 2.05) is 30.3 Å². The lowest BCUT2D eigenvalue weighted by molar-refractivity contribution is 0.165. The second-order valence-electron chi connectivity index (χ2n) is 2.48. The van der Waals surface area contributed by atoms with Crippen molar-refractivity contribution in [2.24, 2.45) is 5.16 Å². The van der Waals surface area contributed by atoms with Crippen molar-refractivity contribution in [3.63, 3.8) is 0 Å². The minimum atomic E-state index is -0.268. The largest absolute Gasteiger partial charge is 0.367 e. The van der Waals surface area contributed by atoms with Crippen molar-refractivity contribution in [1.82, 2.24) is 0 Å². The molecular formula is C10H7NOS. The van der Waals surface area contributed by atoms with E-state index in [1.165, 1.54) is 11.8 Å². The van der Waals surface area contributed by atoms with Crippen molar-refractivity contribution in [2.75, 3.05) is 0 Å². The molecule has 3 heteroatoms. The molecule has 0 aliphatic carbocycles. The van der Waals surface area contributed by atoms with Crippen LogP contribution in [0.2, 0.25) is 0 Å². The van der Waals surface area contributed by atoms with Gasteiger partial charge >= 0.3 is 0 Å². The smallest absolute Gasteiger partial charge is 0.239 e. The van der Waals surface area contributed by atoms with Gasteiger partial charge in [-0.15, -0.1) is 6.42 Å². The van der Waals surface area contributed by atoms with Crippen LogP contribution in [-0.4, -0.2) is 10.5 Å². The van der Waals surface area contributed by atoms with Gasteiger partial charge < -0.3 is 4.84 Å². The number of hydrogen-bond donors (Lipinski definition) is 0. The van der Waals surface area contributed by atoms with Crippen molar-refractivity contribution in [3.05, 3.63) is 35.9 Å². The van der Waals surface area contributed by atoms with Gasteiger partial charge in [0.15, 0.2) is 0 Å². The molecule has 1 aromatic rings. The number of oxime groups is 1. The van der Waals surface area contributed by atoms with Gasteiger partial charge in [0.1, 0.15) is 5.04 Å². The fraction of sp³-hybridized carbons (Fsp3) is 0.100. The summed E-state index contributed by atoms with van der Waals surface area (Å²) in [4.78, 5) is 4.98. The average molecular weight is 189 g/mol. The normalized spacial score (nSPS) is 20.2. The van der Waals surface area contributed by atoms with Crippen molar-refractivity contribution in [2.45, 2.75) is 5.44 Å². The lowest BCUT2D eigenvalue weighted by Crippen LogP contribution is -1.96. The van der Waals surface area contributed by atoms with E-state index in [0.717, 1.165) is 10.6 Å². The van der Waals surface area contributed by atoms with E-state index in [-0.39, 0.29) is 5.44 Å². The molecule has 1 heterocycles. The van der Waals surface area contributed by atoms with E-state index in [9.17, 15) is 0 Å². The Hall–Kier alpha value is -1.40. The van der Waals surface area contributed by atoms with Crippen LogP contribution in [0, 0.1) is 12.3 Å². The van der Waals surface area contributed by atoms with E-state index >= 15 is 0 Å². The van der Waals surface area contributed by atoms with Crippen LogP contribution in [0.5, 0.6) is 0 Å². The Morgan fingerprint density at radius 2 is 2.15 bits per heavy atom. The summed E-state index contributed by atoms with van der Waals surface area (Å²) in [5.41, 5.74) is 0.778. The van der Waals surface area contributed by atoms with E-state index in [4.69, 9.17) is 11.3 Å². The fourth-order valence-corrected chi connectivity index (χ4v) is 1.72. The van der Waals surface area contributed by atoms with Gasteiger partial charge in [-0.3, -0.25) is 0 Å². The Morgan fingerprint density at radius 1 is 1.38 bits per heavy atom. The van der Waals surface area contributed by atoms with Gasteiger partial charge in [-0.25, -0.2) is 0 Å². The summed E-state index contributed by atoms with van der Waals surface area (Å²) in [6.07, 6.45) is 5.20. The summed E-state index contributed by atoms with van der Waals surface area (Å²) < 4.78 is 0. The van der Waals surface area contributed by atoms with E-state index in [1.54, 1.807) is 0 Å². The molecule has 1 unspecified atom stereocenters. The molecule has 0 saturated carbocycles. The number of hydrogen-bond acceptors (Lipinski definition) is 3. The molecule has 2 rings (SSSR count). The highest BCUT2D eigenvalue weighted by Gasteiger charge is 2.20. The maximum atomic E-state index is 5.20. The Morgan fingerprint density at radius 3 is 2.77 bits per heavy atom. The van der Waals surface area contributed by atoms with Crippen LogP contribution in [0.3, 0.4) is 0 Å². The third-order valence-corrected chi connectivity index (χ3v) is 2.58. The van der Waals surface area contributed by atoms with Crippen molar-refractivity contribution in [1.29, 1.82) is 0 Å². The highest BCUT2D eigenvalue weighted by atomic mass is 32.2. The zero-order chi connectivity index (χ0) is 9.10. The predicted molar refractivity (Wildman–Crippen MR) is 54.3 cm³/mol. The maximum absolute atomic E-state index is 5.20. The number of nitrogens with zero attached hydrogens (tertiary/aromatic N) is 1. The monoisotopic (exact) mass is 189 g/mol.